The van der Waals surface area contributed by atoms with Crippen LogP contribution in [0.2, 0.25) is 0 Å². The molecule has 21 heavy (non-hydrogen) atoms. The van der Waals surface area contributed by atoms with Crippen LogP contribution in [0.1, 0.15) is 35.3 Å². The van der Waals surface area contributed by atoms with E-state index in [2.05, 4.69) is 4.98 Å². The second-order valence-corrected chi connectivity index (χ2v) is 5.71. The molecule has 0 saturated carbocycles. The average Bonchev–Trinajstić information content (AvgIpc) is 2.53. The van der Waals surface area contributed by atoms with E-state index in [1.54, 1.807) is 0 Å². The molecule has 110 valence electrons. The molecule has 2 heterocycles. The Morgan fingerprint density at radius 3 is 3.00 bits per heavy atom. The third-order valence-corrected chi connectivity index (χ3v) is 4.25. The second kappa shape index (κ2) is 5.82. The number of likely N-dealkylation sites (tertiary alicyclic amines) is 1. The van der Waals surface area contributed by atoms with Crippen LogP contribution >= 0.6 is 0 Å². The molecule has 2 N–H and O–H groups in total. The minimum atomic E-state index is 0.0638. The maximum atomic E-state index is 12.9. The normalized spacial score (nSPS) is 19.0. The fourth-order valence-corrected chi connectivity index (χ4v) is 3.08. The van der Waals surface area contributed by atoms with Crippen LogP contribution in [-0.4, -0.2) is 34.9 Å². The molecular formula is C17H21N3O. The summed E-state index contributed by atoms with van der Waals surface area (Å²) in [4.78, 5) is 19.4. The van der Waals surface area contributed by atoms with Gasteiger partial charge in [0.25, 0.3) is 5.91 Å². The predicted octanol–water partition coefficient (Wildman–Crippen LogP) is 2.50. The number of benzene rings is 1. The molecule has 1 aliphatic heterocycles. The maximum absolute atomic E-state index is 12.9. The van der Waals surface area contributed by atoms with Crippen LogP contribution in [0.5, 0.6) is 0 Å². The number of nitrogens with zero attached hydrogens (tertiary/aromatic N) is 2. The lowest BCUT2D eigenvalue weighted by Gasteiger charge is -2.35. The lowest BCUT2D eigenvalue weighted by atomic mass is 10.00. The third kappa shape index (κ3) is 2.63. The lowest BCUT2D eigenvalue weighted by molar-refractivity contribution is 0.0625. The molecule has 1 amide bonds. The molecule has 1 saturated heterocycles. The van der Waals surface area contributed by atoms with Crippen LogP contribution < -0.4 is 5.73 Å². The zero-order valence-corrected chi connectivity index (χ0v) is 12.4. The highest BCUT2D eigenvalue weighted by molar-refractivity contribution is 6.05. The Hall–Kier alpha value is -1.94. The highest BCUT2D eigenvalue weighted by Crippen LogP contribution is 2.23. The van der Waals surface area contributed by atoms with E-state index in [1.165, 1.54) is 0 Å². The average molecular weight is 283 g/mol. The first-order chi connectivity index (χ1) is 10.2. The van der Waals surface area contributed by atoms with E-state index in [0.717, 1.165) is 42.4 Å². The SMILES string of the molecule is Cc1ccc2cccc(C(=O)N3CCCCC3CN)c2n1. The van der Waals surface area contributed by atoms with Crippen LogP contribution in [0.15, 0.2) is 30.3 Å². The number of carbonyl (C=O) groups excluding carboxylic acids is 1. The summed E-state index contributed by atoms with van der Waals surface area (Å²) in [5.74, 6) is 0.0638. The van der Waals surface area contributed by atoms with Gasteiger partial charge in [-0.1, -0.05) is 18.2 Å². The summed E-state index contributed by atoms with van der Waals surface area (Å²) < 4.78 is 0. The quantitative estimate of drug-likeness (QED) is 0.921. The van der Waals surface area contributed by atoms with Gasteiger partial charge in [0.05, 0.1) is 11.1 Å². The summed E-state index contributed by atoms with van der Waals surface area (Å²) in [6.07, 6.45) is 3.21. The van der Waals surface area contributed by atoms with Gasteiger partial charge in [0.2, 0.25) is 0 Å². The topological polar surface area (TPSA) is 59.2 Å². The number of carbonyl (C=O) groups is 1. The maximum Gasteiger partial charge on any atom is 0.256 e. The fraction of sp³-hybridized carbons (Fsp3) is 0.412. The van der Waals surface area contributed by atoms with Crippen LogP contribution in [0, 0.1) is 6.92 Å². The molecule has 1 aromatic heterocycles. The summed E-state index contributed by atoms with van der Waals surface area (Å²) in [6, 6.07) is 9.94. The zero-order chi connectivity index (χ0) is 14.8. The first-order valence-corrected chi connectivity index (χ1v) is 7.58. The van der Waals surface area contributed by atoms with Crippen molar-refractivity contribution in [3.63, 3.8) is 0 Å². The molecule has 4 nitrogen and oxygen atoms in total. The Kier molecular flexibility index (Phi) is 3.88. The van der Waals surface area contributed by atoms with Crippen LogP contribution in [-0.2, 0) is 0 Å². The summed E-state index contributed by atoms with van der Waals surface area (Å²) in [6.45, 7) is 3.27. The highest BCUT2D eigenvalue weighted by atomic mass is 16.2. The van der Waals surface area contributed by atoms with Crippen molar-refractivity contribution in [1.29, 1.82) is 0 Å². The minimum absolute atomic E-state index is 0.0638. The van der Waals surface area contributed by atoms with Gasteiger partial charge in [0.1, 0.15) is 0 Å². The number of nitrogens with two attached hydrogens (primary N) is 1. The number of hydrogen-bond acceptors (Lipinski definition) is 3. The molecule has 0 spiro atoms. The van der Waals surface area contributed by atoms with Gasteiger partial charge in [-0.05, 0) is 38.3 Å². The molecule has 1 fully saturated rings. The second-order valence-electron chi connectivity index (χ2n) is 5.71. The number of aromatic nitrogens is 1. The molecule has 1 aliphatic rings. The van der Waals surface area contributed by atoms with Gasteiger partial charge in [0.15, 0.2) is 0 Å². The van der Waals surface area contributed by atoms with E-state index in [4.69, 9.17) is 5.73 Å². The number of rotatable bonds is 2. The summed E-state index contributed by atoms with van der Waals surface area (Å²) in [7, 11) is 0. The van der Waals surface area contributed by atoms with Crippen molar-refractivity contribution in [1.82, 2.24) is 9.88 Å². The molecule has 1 atom stereocenters. The largest absolute Gasteiger partial charge is 0.334 e. The molecule has 4 heteroatoms. The van der Waals surface area contributed by atoms with Crippen molar-refractivity contribution in [2.45, 2.75) is 32.2 Å². The molecule has 0 bridgehead atoms. The Labute approximate surface area is 125 Å². The smallest absolute Gasteiger partial charge is 0.256 e. The van der Waals surface area contributed by atoms with E-state index in [9.17, 15) is 4.79 Å². The summed E-state index contributed by atoms with van der Waals surface area (Å²) in [5, 5.41) is 1.01. The Balaban J connectivity index is 2.03. The van der Waals surface area contributed by atoms with Crippen molar-refractivity contribution in [2.24, 2.45) is 5.73 Å². The number of para-hydroxylation sites is 1. The highest BCUT2D eigenvalue weighted by Gasteiger charge is 2.27. The van der Waals surface area contributed by atoms with Crippen molar-refractivity contribution in [2.75, 3.05) is 13.1 Å². The number of piperidine rings is 1. The van der Waals surface area contributed by atoms with Crippen molar-refractivity contribution >= 4 is 16.8 Å². The molecule has 0 radical (unpaired) electrons. The standard InChI is InChI=1S/C17H21N3O/c1-12-8-9-13-5-4-7-15(16(13)19-12)17(21)20-10-3-2-6-14(20)11-18/h4-5,7-9,14H,2-3,6,10-11,18H2,1H3. The predicted molar refractivity (Wildman–Crippen MR) is 84.2 cm³/mol. The number of pyridine rings is 1. The summed E-state index contributed by atoms with van der Waals surface area (Å²) >= 11 is 0. The van der Waals surface area contributed by atoms with E-state index >= 15 is 0 Å². The third-order valence-electron chi connectivity index (χ3n) is 4.25. The van der Waals surface area contributed by atoms with Crippen LogP contribution in [0.3, 0.4) is 0 Å². The van der Waals surface area contributed by atoms with Crippen LogP contribution in [0.25, 0.3) is 10.9 Å². The fourth-order valence-electron chi connectivity index (χ4n) is 3.08. The Bertz CT molecular complexity index is 668. The number of fused-ring (bicyclic) bond motifs is 1. The van der Waals surface area contributed by atoms with Crippen molar-refractivity contribution < 1.29 is 4.79 Å². The first-order valence-electron chi connectivity index (χ1n) is 7.58. The van der Waals surface area contributed by atoms with E-state index in [1.807, 2.05) is 42.2 Å². The number of amides is 1. The Morgan fingerprint density at radius 1 is 1.33 bits per heavy atom. The molecular weight excluding hydrogens is 262 g/mol. The minimum Gasteiger partial charge on any atom is -0.334 e. The number of hydrogen-bond donors (Lipinski definition) is 1. The van der Waals surface area contributed by atoms with E-state index < -0.39 is 0 Å². The monoisotopic (exact) mass is 283 g/mol. The van der Waals surface area contributed by atoms with Gasteiger partial charge in [0, 0.05) is 30.2 Å². The lowest BCUT2D eigenvalue weighted by Crippen LogP contribution is -2.47. The van der Waals surface area contributed by atoms with Gasteiger partial charge < -0.3 is 10.6 Å². The van der Waals surface area contributed by atoms with Crippen molar-refractivity contribution in [3.05, 3.63) is 41.6 Å². The van der Waals surface area contributed by atoms with Crippen molar-refractivity contribution in [3.8, 4) is 0 Å². The molecule has 3 rings (SSSR count). The molecule has 1 aromatic carbocycles. The van der Waals surface area contributed by atoms with Gasteiger partial charge >= 0.3 is 0 Å². The Morgan fingerprint density at radius 2 is 2.19 bits per heavy atom. The first kappa shape index (κ1) is 14.0. The molecule has 1 unspecified atom stereocenters. The summed E-state index contributed by atoms with van der Waals surface area (Å²) in [5.41, 5.74) is 8.25. The van der Waals surface area contributed by atoms with Gasteiger partial charge in [-0.15, -0.1) is 0 Å². The zero-order valence-electron chi connectivity index (χ0n) is 12.4. The van der Waals surface area contributed by atoms with Gasteiger partial charge in [-0.3, -0.25) is 9.78 Å². The van der Waals surface area contributed by atoms with Gasteiger partial charge in [-0.2, -0.15) is 0 Å². The van der Waals surface area contributed by atoms with Crippen LogP contribution in [0.4, 0.5) is 0 Å². The van der Waals surface area contributed by atoms with E-state index in [-0.39, 0.29) is 11.9 Å². The molecule has 0 aliphatic carbocycles. The van der Waals surface area contributed by atoms with E-state index in [0.29, 0.717) is 12.1 Å². The van der Waals surface area contributed by atoms with Gasteiger partial charge in [-0.25, -0.2) is 0 Å². The number of aryl methyl sites for hydroxylation is 1. The molecule has 2 aromatic rings.